The molecule has 0 aliphatic carbocycles. The molecule has 1 aromatic heterocycles. The number of amides is 1. The number of rotatable bonds is 3. The lowest BCUT2D eigenvalue weighted by molar-refractivity contribution is 0.0995. The van der Waals surface area contributed by atoms with Gasteiger partial charge in [0, 0.05) is 12.1 Å². The zero-order chi connectivity index (χ0) is 13.1. The van der Waals surface area contributed by atoms with Crippen molar-refractivity contribution in [2.45, 2.75) is 13.3 Å². The molecule has 0 saturated heterocycles. The van der Waals surface area contributed by atoms with Gasteiger partial charge >= 0.3 is 0 Å². The zero-order valence-corrected chi connectivity index (χ0v) is 9.87. The number of hydrogen-bond donors (Lipinski definition) is 2. The topological polar surface area (TPSA) is 68.3 Å². The molecule has 0 spiro atoms. The van der Waals surface area contributed by atoms with Crippen LogP contribution in [-0.2, 0) is 6.42 Å². The Hall–Kier alpha value is -2.30. The standard InChI is InChI=1S/C13H13FN2O2/c1-2-9-4-6-12(18-9)13(17)16-8-3-5-11(15)10(14)7-8/h3-7H,2,15H2,1H3,(H,16,17). The number of benzene rings is 1. The largest absolute Gasteiger partial charge is 0.456 e. The number of halogens is 1. The third-order valence-electron chi connectivity index (χ3n) is 2.49. The summed E-state index contributed by atoms with van der Waals surface area (Å²) in [6, 6.07) is 7.40. The smallest absolute Gasteiger partial charge is 0.291 e. The predicted molar refractivity (Wildman–Crippen MR) is 66.9 cm³/mol. The van der Waals surface area contributed by atoms with Gasteiger partial charge in [0.1, 0.15) is 11.6 Å². The molecular weight excluding hydrogens is 235 g/mol. The first kappa shape index (κ1) is 12.2. The Bertz CT molecular complexity index is 578. The molecule has 3 N–H and O–H groups in total. The van der Waals surface area contributed by atoms with E-state index in [9.17, 15) is 9.18 Å². The van der Waals surface area contributed by atoms with Gasteiger partial charge in [-0.15, -0.1) is 0 Å². The monoisotopic (exact) mass is 248 g/mol. The number of carbonyl (C=O) groups excluding carboxylic acids is 1. The highest BCUT2D eigenvalue weighted by molar-refractivity contribution is 6.02. The third-order valence-corrected chi connectivity index (χ3v) is 2.49. The highest BCUT2D eigenvalue weighted by Crippen LogP contribution is 2.17. The van der Waals surface area contributed by atoms with Gasteiger partial charge in [-0.1, -0.05) is 6.92 Å². The van der Waals surface area contributed by atoms with Gasteiger partial charge in [0.2, 0.25) is 0 Å². The van der Waals surface area contributed by atoms with Gasteiger partial charge in [0.15, 0.2) is 5.76 Å². The summed E-state index contributed by atoms with van der Waals surface area (Å²) in [5.74, 6) is -0.0620. The van der Waals surface area contributed by atoms with Crippen molar-refractivity contribution in [2.24, 2.45) is 0 Å². The Balaban J connectivity index is 2.13. The van der Waals surface area contributed by atoms with Gasteiger partial charge in [0.05, 0.1) is 5.69 Å². The van der Waals surface area contributed by atoms with E-state index in [0.29, 0.717) is 12.1 Å². The van der Waals surface area contributed by atoms with E-state index in [2.05, 4.69) is 5.32 Å². The van der Waals surface area contributed by atoms with Crippen molar-refractivity contribution in [2.75, 3.05) is 11.1 Å². The maximum absolute atomic E-state index is 13.2. The van der Waals surface area contributed by atoms with Gasteiger partial charge in [-0.25, -0.2) is 4.39 Å². The van der Waals surface area contributed by atoms with Gasteiger partial charge < -0.3 is 15.5 Å². The first-order valence-corrected chi connectivity index (χ1v) is 5.55. The maximum atomic E-state index is 13.2. The lowest BCUT2D eigenvalue weighted by Crippen LogP contribution is -2.11. The minimum atomic E-state index is -0.568. The lowest BCUT2D eigenvalue weighted by Gasteiger charge is -2.04. The first-order valence-electron chi connectivity index (χ1n) is 5.55. The van der Waals surface area contributed by atoms with Crippen molar-refractivity contribution >= 4 is 17.3 Å². The van der Waals surface area contributed by atoms with Crippen molar-refractivity contribution in [3.63, 3.8) is 0 Å². The van der Waals surface area contributed by atoms with Crippen molar-refractivity contribution in [1.29, 1.82) is 0 Å². The van der Waals surface area contributed by atoms with Crippen LogP contribution in [0.15, 0.2) is 34.7 Å². The summed E-state index contributed by atoms with van der Waals surface area (Å²) in [4.78, 5) is 11.8. The van der Waals surface area contributed by atoms with Crippen LogP contribution in [-0.4, -0.2) is 5.91 Å². The molecule has 0 aliphatic heterocycles. The second-order valence-corrected chi connectivity index (χ2v) is 3.81. The van der Waals surface area contributed by atoms with Crippen LogP contribution in [0.25, 0.3) is 0 Å². The summed E-state index contributed by atoms with van der Waals surface area (Å²) >= 11 is 0. The molecule has 5 heteroatoms. The van der Waals surface area contributed by atoms with E-state index in [1.807, 2.05) is 6.92 Å². The highest BCUT2D eigenvalue weighted by Gasteiger charge is 2.11. The Morgan fingerprint density at radius 2 is 2.17 bits per heavy atom. The number of aryl methyl sites for hydroxylation is 1. The summed E-state index contributed by atoms with van der Waals surface area (Å²) in [7, 11) is 0. The normalized spacial score (nSPS) is 10.3. The first-order chi connectivity index (χ1) is 8.60. The third kappa shape index (κ3) is 2.51. The van der Waals surface area contributed by atoms with Crippen LogP contribution >= 0.6 is 0 Å². The minimum Gasteiger partial charge on any atom is -0.456 e. The number of furan rings is 1. The molecule has 0 aliphatic rings. The Kier molecular flexibility index (Phi) is 3.32. The van der Waals surface area contributed by atoms with Gasteiger partial charge in [-0.2, -0.15) is 0 Å². The van der Waals surface area contributed by atoms with Crippen molar-refractivity contribution in [1.82, 2.24) is 0 Å². The molecule has 0 bridgehead atoms. The molecule has 94 valence electrons. The predicted octanol–water partition coefficient (Wildman–Crippen LogP) is 2.82. The fourth-order valence-electron chi connectivity index (χ4n) is 1.49. The fourth-order valence-corrected chi connectivity index (χ4v) is 1.49. The van der Waals surface area contributed by atoms with Crippen molar-refractivity contribution in [3.05, 3.63) is 47.7 Å². The molecule has 0 fully saturated rings. The SMILES string of the molecule is CCc1ccc(C(=O)Nc2ccc(N)c(F)c2)o1. The summed E-state index contributed by atoms with van der Waals surface area (Å²) in [5.41, 5.74) is 5.72. The second-order valence-electron chi connectivity index (χ2n) is 3.81. The van der Waals surface area contributed by atoms with E-state index in [4.69, 9.17) is 10.2 Å². The molecular formula is C13H13FN2O2. The van der Waals surface area contributed by atoms with Crippen LogP contribution < -0.4 is 11.1 Å². The molecule has 0 saturated carbocycles. The number of nitrogens with one attached hydrogen (secondary N) is 1. The quantitative estimate of drug-likeness (QED) is 0.820. The molecule has 0 atom stereocenters. The molecule has 2 rings (SSSR count). The van der Waals surface area contributed by atoms with Crippen LogP contribution in [0.1, 0.15) is 23.2 Å². The lowest BCUT2D eigenvalue weighted by atomic mass is 10.2. The van der Waals surface area contributed by atoms with Crippen molar-refractivity contribution in [3.8, 4) is 0 Å². The Labute approximate surface area is 104 Å². The number of nitrogens with two attached hydrogens (primary N) is 1. The number of carbonyl (C=O) groups is 1. The van der Waals surface area contributed by atoms with E-state index in [1.54, 1.807) is 12.1 Å². The van der Waals surface area contributed by atoms with Gasteiger partial charge in [-0.3, -0.25) is 4.79 Å². The minimum absolute atomic E-state index is 0.0410. The summed E-state index contributed by atoms with van der Waals surface area (Å²) in [6.45, 7) is 1.93. The molecule has 1 amide bonds. The summed E-state index contributed by atoms with van der Waals surface area (Å²) < 4.78 is 18.5. The van der Waals surface area contributed by atoms with Crippen molar-refractivity contribution < 1.29 is 13.6 Å². The van der Waals surface area contributed by atoms with Crippen LogP contribution in [0.3, 0.4) is 0 Å². The molecule has 1 aromatic carbocycles. The molecule has 2 aromatic rings. The zero-order valence-electron chi connectivity index (χ0n) is 9.87. The van der Waals surface area contributed by atoms with E-state index in [-0.39, 0.29) is 11.4 Å². The molecule has 18 heavy (non-hydrogen) atoms. The van der Waals surface area contributed by atoms with E-state index < -0.39 is 11.7 Å². The number of nitrogen functional groups attached to an aromatic ring is 1. The number of hydrogen-bond acceptors (Lipinski definition) is 3. The average molecular weight is 248 g/mol. The molecule has 0 radical (unpaired) electrons. The van der Waals surface area contributed by atoms with E-state index in [0.717, 1.165) is 11.8 Å². The van der Waals surface area contributed by atoms with Gasteiger partial charge in [-0.05, 0) is 30.3 Å². The highest BCUT2D eigenvalue weighted by atomic mass is 19.1. The van der Waals surface area contributed by atoms with E-state index >= 15 is 0 Å². The molecule has 0 unspecified atom stereocenters. The second kappa shape index (κ2) is 4.91. The molecule has 1 heterocycles. The molecule has 4 nitrogen and oxygen atoms in total. The van der Waals surface area contributed by atoms with Crippen LogP contribution in [0.5, 0.6) is 0 Å². The Morgan fingerprint density at radius 1 is 1.39 bits per heavy atom. The van der Waals surface area contributed by atoms with Crippen LogP contribution in [0, 0.1) is 5.82 Å². The Morgan fingerprint density at radius 3 is 2.78 bits per heavy atom. The fraction of sp³-hybridized carbons (Fsp3) is 0.154. The van der Waals surface area contributed by atoms with Crippen LogP contribution in [0.2, 0.25) is 0 Å². The number of anilines is 2. The maximum Gasteiger partial charge on any atom is 0.291 e. The summed E-state index contributed by atoms with van der Waals surface area (Å²) in [5, 5.41) is 2.54. The van der Waals surface area contributed by atoms with Gasteiger partial charge in [0.25, 0.3) is 5.91 Å². The summed E-state index contributed by atoms with van der Waals surface area (Å²) in [6.07, 6.45) is 0.712. The average Bonchev–Trinajstić information content (AvgIpc) is 2.82. The van der Waals surface area contributed by atoms with Crippen LogP contribution in [0.4, 0.5) is 15.8 Å². The van der Waals surface area contributed by atoms with E-state index in [1.165, 1.54) is 12.1 Å².